The fourth-order valence-corrected chi connectivity index (χ4v) is 4.35. The van der Waals surface area contributed by atoms with Crippen LogP contribution in [0.3, 0.4) is 0 Å². The summed E-state index contributed by atoms with van der Waals surface area (Å²) >= 11 is 5.87. The van der Waals surface area contributed by atoms with Gasteiger partial charge < -0.3 is 10.1 Å². The zero-order chi connectivity index (χ0) is 19.8. The number of hydrogen-bond acceptors (Lipinski definition) is 4. The van der Waals surface area contributed by atoms with Gasteiger partial charge in [-0.3, -0.25) is 9.10 Å². The molecule has 1 aliphatic heterocycles. The van der Waals surface area contributed by atoms with Gasteiger partial charge in [0.15, 0.2) is 6.10 Å². The minimum absolute atomic E-state index is 0.0959. The fourth-order valence-electron chi connectivity index (χ4n) is 2.75. The minimum Gasteiger partial charge on any atom is -0.476 e. The molecule has 3 rings (SSSR count). The molecule has 0 saturated carbocycles. The molecule has 2 aromatic carbocycles. The average molecular weight is 409 g/mol. The summed E-state index contributed by atoms with van der Waals surface area (Å²) in [5.74, 6) is -0.0244. The van der Waals surface area contributed by atoms with Crippen molar-refractivity contribution in [2.75, 3.05) is 10.8 Å². The number of nitrogens with zero attached hydrogens (tertiary/aromatic N) is 1. The third-order valence-electron chi connectivity index (χ3n) is 3.93. The number of fused-ring (bicyclic) bond motifs is 1. The molecule has 0 aliphatic carbocycles. The average Bonchev–Trinajstić information content (AvgIpc) is 2.59. The summed E-state index contributed by atoms with van der Waals surface area (Å²) in [4.78, 5) is 12.7. The molecule has 1 unspecified atom stereocenters. The van der Waals surface area contributed by atoms with Crippen LogP contribution >= 0.6 is 11.6 Å². The summed E-state index contributed by atoms with van der Waals surface area (Å²) in [5, 5.41) is 3.28. The zero-order valence-corrected chi connectivity index (χ0v) is 16.8. The van der Waals surface area contributed by atoms with Gasteiger partial charge in [-0.1, -0.05) is 23.7 Å². The number of ether oxygens (including phenoxy) is 1. The van der Waals surface area contributed by atoms with Crippen molar-refractivity contribution < 1.29 is 17.9 Å². The van der Waals surface area contributed by atoms with Crippen molar-refractivity contribution in [3.05, 3.63) is 53.6 Å². The summed E-state index contributed by atoms with van der Waals surface area (Å²) in [6, 6.07) is 12.7. The van der Waals surface area contributed by atoms with Crippen LogP contribution in [-0.4, -0.2) is 32.5 Å². The Bertz CT molecular complexity index is 952. The molecule has 6 nitrogen and oxygen atoms in total. The van der Waals surface area contributed by atoms with Crippen LogP contribution in [0.25, 0.3) is 0 Å². The van der Waals surface area contributed by atoms with Crippen molar-refractivity contribution in [2.45, 2.75) is 37.3 Å². The minimum atomic E-state index is -3.89. The van der Waals surface area contributed by atoms with Crippen molar-refractivity contribution in [1.82, 2.24) is 5.32 Å². The van der Waals surface area contributed by atoms with E-state index in [-0.39, 0.29) is 17.3 Å². The summed E-state index contributed by atoms with van der Waals surface area (Å²) in [6.45, 7) is 5.43. The van der Waals surface area contributed by atoms with E-state index in [0.29, 0.717) is 16.5 Å². The van der Waals surface area contributed by atoms with Crippen molar-refractivity contribution in [2.24, 2.45) is 0 Å². The summed E-state index contributed by atoms with van der Waals surface area (Å²) in [7, 11) is -3.89. The molecule has 1 N–H and O–H groups in total. The molecule has 0 spiro atoms. The second-order valence-electron chi connectivity index (χ2n) is 7.30. The Balaban J connectivity index is 2.00. The molecule has 1 heterocycles. The molecular formula is C19H21ClN2O4S. The van der Waals surface area contributed by atoms with Crippen LogP contribution in [0.2, 0.25) is 5.02 Å². The first-order valence-electron chi connectivity index (χ1n) is 8.44. The van der Waals surface area contributed by atoms with Crippen LogP contribution < -0.4 is 14.4 Å². The molecule has 1 amide bonds. The molecule has 2 aromatic rings. The number of carbonyl (C=O) groups excluding carboxylic acids is 1. The van der Waals surface area contributed by atoms with Gasteiger partial charge in [-0.05, 0) is 57.2 Å². The van der Waals surface area contributed by atoms with Crippen LogP contribution in [0, 0.1) is 0 Å². The van der Waals surface area contributed by atoms with Crippen LogP contribution in [-0.2, 0) is 14.8 Å². The lowest BCUT2D eigenvalue weighted by Gasteiger charge is -2.35. The first-order chi connectivity index (χ1) is 12.6. The van der Waals surface area contributed by atoms with E-state index in [9.17, 15) is 13.2 Å². The van der Waals surface area contributed by atoms with E-state index in [2.05, 4.69) is 5.32 Å². The molecule has 0 saturated heterocycles. The quantitative estimate of drug-likeness (QED) is 0.846. The number of halogens is 1. The highest BCUT2D eigenvalue weighted by Crippen LogP contribution is 2.37. The van der Waals surface area contributed by atoms with Crippen LogP contribution in [0.4, 0.5) is 5.69 Å². The topological polar surface area (TPSA) is 75.7 Å². The van der Waals surface area contributed by atoms with Gasteiger partial charge >= 0.3 is 0 Å². The number of anilines is 1. The highest BCUT2D eigenvalue weighted by Gasteiger charge is 2.38. The number of rotatable bonds is 3. The number of amides is 1. The first-order valence-corrected chi connectivity index (χ1v) is 10.3. The molecule has 1 aliphatic rings. The lowest BCUT2D eigenvalue weighted by Crippen LogP contribution is -2.54. The normalized spacial score (nSPS) is 17.0. The third-order valence-corrected chi connectivity index (χ3v) is 5.97. The van der Waals surface area contributed by atoms with Crippen molar-refractivity contribution >= 4 is 33.2 Å². The Morgan fingerprint density at radius 1 is 1.15 bits per heavy atom. The Kier molecular flexibility index (Phi) is 5.10. The van der Waals surface area contributed by atoms with E-state index in [0.717, 1.165) is 0 Å². The van der Waals surface area contributed by atoms with Gasteiger partial charge in [-0.15, -0.1) is 0 Å². The SMILES string of the molecule is CC(C)(C)NC(=O)C1CN(S(=O)(=O)c2ccc(Cl)cc2)c2ccccc2O1. The van der Waals surface area contributed by atoms with E-state index in [1.54, 1.807) is 24.3 Å². The monoisotopic (exact) mass is 408 g/mol. The number of sulfonamides is 1. The van der Waals surface area contributed by atoms with E-state index in [1.165, 1.54) is 28.6 Å². The number of carbonyl (C=O) groups is 1. The van der Waals surface area contributed by atoms with Gasteiger partial charge in [0, 0.05) is 10.6 Å². The second-order valence-corrected chi connectivity index (χ2v) is 9.60. The largest absolute Gasteiger partial charge is 0.476 e. The van der Waals surface area contributed by atoms with Gasteiger partial charge in [0.1, 0.15) is 5.75 Å². The molecule has 27 heavy (non-hydrogen) atoms. The predicted octanol–water partition coefficient (Wildman–Crippen LogP) is 3.21. The molecule has 144 valence electrons. The lowest BCUT2D eigenvalue weighted by atomic mass is 10.1. The zero-order valence-electron chi connectivity index (χ0n) is 15.3. The Morgan fingerprint density at radius 2 is 1.78 bits per heavy atom. The molecule has 1 atom stereocenters. The maximum atomic E-state index is 13.2. The van der Waals surface area contributed by atoms with E-state index in [1.807, 2.05) is 20.8 Å². The third kappa shape index (κ3) is 4.20. The standard InChI is InChI=1S/C19H21ClN2O4S/c1-19(2,3)21-18(23)17-12-22(15-6-4-5-7-16(15)26-17)27(24,25)14-10-8-13(20)9-11-14/h4-11,17H,12H2,1-3H3,(H,21,23). The van der Waals surface area contributed by atoms with Crippen LogP contribution in [0.1, 0.15) is 20.8 Å². The van der Waals surface area contributed by atoms with E-state index >= 15 is 0 Å². The first kappa shape index (κ1) is 19.5. The predicted molar refractivity (Wildman–Crippen MR) is 105 cm³/mol. The highest BCUT2D eigenvalue weighted by molar-refractivity contribution is 7.92. The van der Waals surface area contributed by atoms with Gasteiger partial charge in [-0.2, -0.15) is 0 Å². The molecule has 0 aromatic heterocycles. The highest BCUT2D eigenvalue weighted by atomic mass is 35.5. The Hall–Kier alpha value is -2.25. The Labute approximate surface area is 164 Å². The molecule has 8 heteroatoms. The summed E-state index contributed by atoms with van der Waals surface area (Å²) in [5.41, 5.74) is -0.0654. The van der Waals surface area contributed by atoms with Gasteiger partial charge in [0.25, 0.3) is 15.9 Å². The maximum Gasteiger partial charge on any atom is 0.264 e. The molecular weight excluding hydrogens is 388 g/mol. The van der Waals surface area contributed by atoms with E-state index in [4.69, 9.17) is 16.3 Å². The number of hydrogen-bond donors (Lipinski definition) is 1. The summed E-state index contributed by atoms with van der Waals surface area (Å²) < 4.78 is 33.4. The fraction of sp³-hybridized carbons (Fsp3) is 0.316. The maximum absolute atomic E-state index is 13.2. The van der Waals surface area contributed by atoms with Crippen molar-refractivity contribution in [3.63, 3.8) is 0 Å². The molecule has 0 fully saturated rings. The van der Waals surface area contributed by atoms with E-state index < -0.39 is 21.7 Å². The number of benzene rings is 2. The van der Waals surface area contributed by atoms with Crippen LogP contribution in [0.15, 0.2) is 53.4 Å². The van der Waals surface area contributed by atoms with Gasteiger partial charge in [0.05, 0.1) is 17.1 Å². The van der Waals surface area contributed by atoms with Gasteiger partial charge in [-0.25, -0.2) is 8.42 Å². The molecule has 0 bridgehead atoms. The summed E-state index contributed by atoms with van der Waals surface area (Å²) in [6.07, 6.45) is -0.957. The number of para-hydroxylation sites is 2. The Morgan fingerprint density at radius 3 is 2.41 bits per heavy atom. The van der Waals surface area contributed by atoms with Crippen molar-refractivity contribution in [1.29, 1.82) is 0 Å². The lowest BCUT2D eigenvalue weighted by molar-refractivity contribution is -0.129. The second kappa shape index (κ2) is 7.05. The van der Waals surface area contributed by atoms with Crippen molar-refractivity contribution in [3.8, 4) is 5.75 Å². The smallest absolute Gasteiger partial charge is 0.264 e. The van der Waals surface area contributed by atoms with Gasteiger partial charge in [0.2, 0.25) is 0 Å². The van der Waals surface area contributed by atoms with Crippen LogP contribution in [0.5, 0.6) is 5.75 Å². The number of nitrogens with one attached hydrogen (secondary N) is 1. The molecule has 0 radical (unpaired) electrons.